The van der Waals surface area contributed by atoms with Crippen LogP contribution in [0.15, 0.2) is 29.1 Å². The summed E-state index contributed by atoms with van der Waals surface area (Å²) in [7, 11) is 1.88. The lowest BCUT2D eigenvalue weighted by atomic mass is 9.99. The SMILES string of the molecule is CC(=O)N1C[C@H](C)N(c2nc(=O)n3c4c(c(-c5ccc(F)cc5F)c(Cl)cc24)OC[C@@H]3CN2CCN(C)CC2=O)C[C@H]1C. The molecule has 0 unspecified atom stereocenters. The smallest absolute Gasteiger partial charge is 0.350 e. The Labute approximate surface area is 252 Å². The third-order valence-corrected chi connectivity index (χ3v) is 8.98. The minimum atomic E-state index is -0.822. The Balaban J connectivity index is 1.55. The summed E-state index contributed by atoms with van der Waals surface area (Å²) in [6, 6.07) is 3.96. The summed E-state index contributed by atoms with van der Waals surface area (Å²) in [4.78, 5) is 51.0. The molecule has 0 saturated carbocycles. The highest BCUT2D eigenvalue weighted by Gasteiger charge is 2.37. The highest BCUT2D eigenvalue weighted by molar-refractivity contribution is 6.35. The molecule has 0 radical (unpaired) electrons. The van der Waals surface area contributed by atoms with Crippen LogP contribution in [0.3, 0.4) is 0 Å². The zero-order valence-electron chi connectivity index (χ0n) is 24.4. The molecule has 2 fully saturated rings. The van der Waals surface area contributed by atoms with Gasteiger partial charge in [-0.25, -0.2) is 13.6 Å². The van der Waals surface area contributed by atoms with Gasteiger partial charge in [0, 0.05) is 74.3 Å². The number of carbonyl (C=O) groups excluding carboxylic acids is 2. The van der Waals surface area contributed by atoms with Gasteiger partial charge in [-0.05, 0) is 39.1 Å². The molecule has 3 aliphatic rings. The van der Waals surface area contributed by atoms with Crippen molar-refractivity contribution in [3.63, 3.8) is 0 Å². The second kappa shape index (κ2) is 11.1. The molecule has 0 spiro atoms. The van der Waals surface area contributed by atoms with Crippen LogP contribution in [0, 0.1) is 11.6 Å². The monoisotopic (exact) mass is 614 g/mol. The number of halogens is 3. The number of nitrogens with zero attached hydrogens (tertiary/aromatic N) is 6. The van der Waals surface area contributed by atoms with Gasteiger partial charge in [0.05, 0.1) is 23.1 Å². The van der Waals surface area contributed by atoms with Crippen molar-refractivity contribution < 1.29 is 23.1 Å². The molecule has 43 heavy (non-hydrogen) atoms. The molecule has 0 aliphatic carbocycles. The van der Waals surface area contributed by atoms with Gasteiger partial charge in [-0.1, -0.05) is 11.6 Å². The number of rotatable bonds is 4. The van der Waals surface area contributed by atoms with Crippen LogP contribution in [-0.2, 0) is 9.59 Å². The first-order chi connectivity index (χ1) is 20.4. The number of benzene rings is 2. The van der Waals surface area contributed by atoms with E-state index in [1.807, 2.05) is 30.7 Å². The summed E-state index contributed by atoms with van der Waals surface area (Å²) < 4.78 is 36.8. The molecule has 0 bridgehead atoms. The standard InChI is InChI=1S/C30H33ClF2N6O4/c1-16-12-38(17(2)11-37(16)18(3)40)29-22-10-23(31)26(21-6-5-19(32)9-24(21)33)28-27(22)39(30(42)34-29)20(15-43-28)13-36-8-7-35(4)14-25(36)41/h5-6,9-10,16-17,20H,7-8,11-15H2,1-4H3/t16-,17+,20+/m1/s1. The second-order valence-corrected chi connectivity index (χ2v) is 12.1. The number of hydrogen-bond donors (Lipinski definition) is 0. The molecule has 2 saturated heterocycles. The molecule has 6 rings (SSSR count). The van der Waals surface area contributed by atoms with E-state index < -0.39 is 23.4 Å². The Kier molecular flexibility index (Phi) is 7.54. The van der Waals surface area contributed by atoms with Gasteiger partial charge in [0.15, 0.2) is 5.75 Å². The topological polar surface area (TPSA) is 91.2 Å². The number of amides is 2. The van der Waals surface area contributed by atoms with E-state index in [1.165, 1.54) is 17.6 Å². The normalized spacial score (nSPS) is 22.7. The quantitative estimate of drug-likeness (QED) is 0.446. The number of aromatic nitrogens is 2. The Morgan fingerprint density at radius 2 is 1.88 bits per heavy atom. The summed E-state index contributed by atoms with van der Waals surface area (Å²) in [6.45, 7) is 8.01. The zero-order valence-corrected chi connectivity index (χ0v) is 25.2. The maximum Gasteiger partial charge on any atom is 0.350 e. The van der Waals surface area contributed by atoms with Crippen LogP contribution in [-0.4, -0.2) is 101 Å². The first-order valence-corrected chi connectivity index (χ1v) is 14.7. The van der Waals surface area contributed by atoms with Crippen molar-refractivity contribution in [2.45, 2.75) is 38.9 Å². The summed E-state index contributed by atoms with van der Waals surface area (Å²) in [5.74, 6) is -1.07. The lowest BCUT2D eigenvalue weighted by molar-refractivity contribution is -0.136. The van der Waals surface area contributed by atoms with Gasteiger partial charge in [0.25, 0.3) is 0 Å². The maximum absolute atomic E-state index is 15.1. The average Bonchev–Trinajstić information content (AvgIpc) is 2.94. The largest absolute Gasteiger partial charge is 0.488 e. The molecule has 3 atom stereocenters. The van der Waals surface area contributed by atoms with Gasteiger partial charge < -0.3 is 19.4 Å². The third kappa shape index (κ3) is 5.10. The van der Waals surface area contributed by atoms with Crippen molar-refractivity contribution in [1.82, 2.24) is 24.3 Å². The van der Waals surface area contributed by atoms with Gasteiger partial charge in [-0.15, -0.1) is 0 Å². The molecule has 3 aliphatic heterocycles. The van der Waals surface area contributed by atoms with E-state index in [-0.39, 0.29) is 65.5 Å². The lowest BCUT2D eigenvalue weighted by Gasteiger charge is -2.45. The maximum atomic E-state index is 15.1. The second-order valence-electron chi connectivity index (χ2n) is 11.7. The first-order valence-electron chi connectivity index (χ1n) is 14.3. The summed E-state index contributed by atoms with van der Waals surface area (Å²) in [5, 5.41) is 0.674. The van der Waals surface area contributed by atoms with Crippen LogP contribution in [0.25, 0.3) is 22.0 Å². The van der Waals surface area contributed by atoms with E-state index in [1.54, 1.807) is 15.9 Å². The fourth-order valence-electron chi connectivity index (χ4n) is 6.49. The van der Waals surface area contributed by atoms with Gasteiger partial charge in [0.1, 0.15) is 24.1 Å². The molecule has 1 aromatic heterocycles. The minimum Gasteiger partial charge on any atom is -0.488 e. The Bertz CT molecular complexity index is 1700. The summed E-state index contributed by atoms with van der Waals surface area (Å²) in [5.41, 5.74) is 0.0736. The Hall–Kier alpha value is -3.77. The summed E-state index contributed by atoms with van der Waals surface area (Å²) >= 11 is 6.83. The van der Waals surface area contributed by atoms with Crippen LogP contribution in [0.5, 0.6) is 5.75 Å². The van der Waals surface area contributed by atoms with Gasteiger partial charge >= 0.3 is 5.69 Å². The fraction of sp³-hybridized carbons (Fsp3) is 0.467. The molecule has 228 valence electrons. The van der Waals surface area contributed by atoms with E-state index in [4.69, 9.17) is 16.3 Å². The van der Waals surface area contributed by atoms with Gasteiger partial charge in [-0.2, -0.15) is 4.98 Å². The van der Waals surface area contributed by atoms with Crippen LogP contribution >= 0.6 is 11.6 Å². The highest BCUT2D eigenvalue weighted by Crippen LogP contribution is 2.47. The molecule has 3 aromatic rings. The van der Waals surface area contributed by atoms with Crippen LogP contribution in [0.2, 0.25) is 5.02 Å². The Morgan fingerprint density at radius 1 is 1.12 bits per heavy atom. The van der Waals surface area contributed by atoms with Crippen molar-refractivity contribution in [2.75, 3.05) is 57.8 Å². The first kappa shape index (κ1) is 29.3. The van der Waals surface area contributed by atoms with Gasteiger partial charge in [0.2, 0.25) is 11.8 Å². The number of hydrogen-bond acceptors (Lipinski definition) is 7. The molecule has 0 N–H and O–H groups in total. The number of likely N-dealkylation sites (N-methyl/N-ethyl adjacent to an activating group) is 1. The lowest BCUT2D eigenvalue weighted by Crippen LogP contribution is -2.58. The van der Waals surface area contributed by atoms with E-state index >= 15 is 4.39 Å². The highest BCUT2D eigenvalue weighted by atomic mass is 35.5. The molecule has 13 heteroatoms. The molecule has 4 heterocycles. The molecular weight excluding hydrogens is 582 g/mol. The van der Waals surface area contributed by atoms with E-state index in [0.29, 0.717) is 42.9 Å². The fourth-order valence-corrected chi connectivity index (χ4v) is 6.79. The minimum absolute atomic E-state index is 0.0174. The van der Waals surface area contributed by atoms with Crippen molar-refractivity contribution in [3.8, 4) is 16.9 Å². The average molecular weight is 615 g/mol. The van der Waals surface area contributed by atoms with Gasteiger partial charge in [-0.3, -0.25) is 19.1 Å². The predicted molar refractivity (Wildman–Crippen MR) is 159 cm³/mol. The van der Waals surface area contributed by atoms with Crippen molar-refractivity contribution in [3.05, 3.63) is 51.4 Å². The van der Waals surface area contributed by atoms with E-state index in [0.717, 1.165) is 12.1 Å². The Morgan fingerprint density at radius 3 is 2.58 bits per heavy atom. The van der Waals surface area contributed by atoms with E-state index in [9.17, 15) is 18.8 Å². The van der Waals surface area contributed by atoms with Crippen LogP contribution in [0.4, 0.5) is 14.6 Å². The molecular formula is C30H33ClF2N6O4. The number of ether oxygens (including phenoxy) is 1. The van der Waals surface area contributed by atoms with Crippen molar-refractivity contribution in [1.29, 1.82) is 0 Å². The van der Waals surface area contributed by atoms with Crippen LogP contribution < -0.4 is 15.3 Å². The molecule has 10 nitrogen and oxygen atoms in total. The van der Waals surface area contributed by atoms with Crippen molar-refractivity contribution in [2.24, 2.45) is 0 Å². The number of piperazine rings is 2. The van der Waals surface area contributed by atoms with E-state index in [2.05, 4.69) is 4.98 Å². The van der Waals surface area contributed by atoms with Crippen molar-refractivity contribution >= 4 is 40.1 Å². The number of carbonyl (C=O) groups is 2. The molecule has 2 amide bonds. The molecule has 2 aromatic carbocycles. The number of anilines is 1. The predicted octanol–water partition coefficient (Wildman–Crippen LogP) is 3.15. The summed E-state index contributed by atoms with van der Waals surface area (Å²) in [6.07, 6.45) is 0. The third-order valence-electron chi connectivity index (χ3n) is 8.69. The van der Waals surface area contributed by atoms with Crippen LogP contribution in [0.1, 0.15) is 26.8 Å². The zero-order chi connectivity index (χ0) is 30.7.